The molecular formula is C12H18O. The van der Waals surface area contributed by atoms with Gasteiger partial charge in [0, 0.05) is 5.92 Å². The van der Waals surface area contributed by atoms with Crippen molar-refractivity contribution in [1.82, 2.24) is 0 Å². The fraction of sp³-hybridized carbons (Fsp3) is 0.833. The molecular weight excluding hydrogens is 160 g/mol. The summed E-state index contributed by atoms with van der Waals surface area (Å²) < 4.78 is 0. The average Bonchev–Trinajstić information content (AvgIpc) is 2.43. The monoisotopic (exact) mass is 178 g/mol. The zero-order chi connectivity index (χ0) is 8.84. The Morgan fingerprint density at radius 1 is 1.08 bits per heavy atom. The Kier molecular flexibility index (Phi) is 1.76. The second-order valence-corrected chi connectivity index (χ2v) is 4.97. The third-order valence-corrected chi connectivity index (χ3v) is 4.33. The number of fused-ring (bicyclic) bond motifs is 3. The molecule has 0 heterocycles. The summed E-state index contributed by atoms with van der Waals surface area (Å²) in [6, 6.07) is 0. The van der Waals surface area contributed by atoms with Gasteiger partial charge in [-0.2, -0.15) is 0 Å². The van der Waals surface area contributed by atoms with Crippen molar-refractivity contribution >= 4 is 0 Å². The normalized spacial score (nSPS) is 43.6. The fourth-order valence-corrected chi connectivity index (χ4v) is 3.66. The van der Waals surface area contributed by atoms with Gasteiger partial charge in [-0.05, 0) is 50.9 Å². The molecule has 1 fully saturated rings. The topological polar surface area (TPSA) is 20.2 Å². The van der Waals surface area contributed by atoms with E-state index in [0.29, 0.717) is 11.8 Å². The van der Waals surface area contributed by atoms with Crippen LogP contribution in [0.15, 0.2) is 11.1 Å². The highest BCUT2D eigenvalue weighted by atomic mass is 16.3. The molecule has 0 aromatic heterocycles. The van der Waals surface area contributed by atoms with Crippen LogP contribution in [0.25, 0.3) is 0 Å². The SMILES string of the molecule is O[C@@H]1[C@@H]2CC[C@H]1C1=C(CCCC1)C2. The van der Waals surface area contributed by atoms with Crippen LogP contribution in [0.3, 0.4) is 0 Å². The highest BCUT2D eigenvalue weighted by Crippen LogP contribution is 2.49. The summed E-state index contributed by atoms with van der Waals surface area (Å²) in [5.41, 5.74) is 3.41. The predicted molar refractivity (Wildman–Crippen MR) is 52.3 cm³/mol. The number of aliphatic hydroxyl groups is 1. The van der Waals surface area contributed by atoms with Crippen LogP contribution in [-0.4, -0.2) is 11.2 Å². The molecule has 72 valence electrons. The molecule has 3 rings (SSSR count). The first kappa shape index (κ1) is 8.05. The Labute approximate surface area is 79.8 Å². The molecule has 0 amide bonds. The molecule has 0 aliphatic heterocycles. The molecule has 2 bridgehead atoms. The highest BCUT2D eigenvalue weighted by molar-refractivity contribution is 5.27. The molecule has 3 atom stereocenters. The standard InChI is InChI=1S/C12H18O/c13-12-9-5-6-11(12)10-4-2-1-3-8(10)7-9/h9,11-13H,1-7H2/t9-,11+,12-/m1/s1. The average molecular weight is 178 g/mol. The minimum absolute atomic E-state index is 0.0249. The molecule has 3 aliphatic carbocycles. The molecule has 1 saturated carbocycles. The van der Waals surface area contributed by atoms with Gasteiger partial charge in [0.05, 0.1) is 6.10 Å². The van der Waals surface area contributed by atoms with Gasteiger partial charge >= 0.3 is 0 Å². The molecule has 0 aromatic carbocycles. The van der Waals surface area contributed by atoms with E-state index in [4.69, 9.17) is 0 Å². The molecule has 3 aliphatic rings. The van der Waals surface area contributed by atoms with Crippen LogP contribution < -0.4 is 0 Å². The molecule has 0 unspecified atom stereocenters. The Morgan fingerprint density at radius 3 is 2.85 bits per heavy atom. The summed E-state index contributed by atoms with van der Waals surface area (Å²) in [5.74, 6) is 1.20. The Bertz CT molecular complexity index is 254. The van der Waals surface area contributed by atoms with E-state index in [0.717, 1.165) is 0 Å². The summed E-state index contributed by atoms with van der Waals surface area (Å²) in [6.45, 7) is 0. The van der Waals surface area contributed by atoms with Crippen LogP contribution in [0.4, 0.5) is 0 Å². The van der Waals surface area contributed by atoms with E-state index in [-0.39, 0.29) is 6.10 Å². The van der Waals surface area contributed by atoms with Gasteiger partial charge in [-0.15, -0.1) is 0 Å². The maximum Gasteiger partial charge on any atom is 0.0636 e. The Hall–Kier alpha value is -0.300. The van der Waals surface area contributed by atoms with Gasteiger partial charge in [0.2, 0.25) is 0 Å². The van der Waals surface area contributed by atoms with Crippen molar-refractivity contribution in [2.75, 3.05) is 0 Å². The van der Waals surface area contributed by atoms with Crippen molar-refractivity contribution in [1.29, 1.82) is 0 Å². The van der Waals surface area contributed by atoms with Crippen LogP contribution in [0.1, 0.15) is 44.9 Å². The van der Waals surface area contributed by atoms with E-state index in [2.05, 4.69) is 0 Å². The van der Waals surface area contributed by atoms with Crippen LogP contribution in [0.5, 0.6) is 0 Å². The van der Waals surface area contributed by atoms with Gasteiger partial charge in [-0.25, -0.2) is 0 Å². The minimum Gasteiger partial charge on any atom is -0.392 e. The van der Waals surface area contributed by atoms with E-state index in [9.17, 15) is 5.11 Å². The lowest BCUT2D eigenvalue weighted by Gasteiger charge is -2.33. The van der Waals surface area contributed by atoms with E-state index in [1.165, 1.54) is 44.9 Å². The van der Waals surface area contributed by atoms with Crippen molar-refractivity contribution in [3.05, 3.63) is 11.1 Å². The minimum atomic E-state index is 0.0249. The van der Waals surface area contributed by atoms with Gasteiger partial charge in [0.25, 0.3) is 0 Å². The summed E-state index contributed by atoms with van der Waals surface area (Å²) in [6.07, 6.45) is 9.20. The van der Waals surface area contributed by atoms with Crippen molar-refractivity contribution < 1.29 is 5.11 Å². The number of aliphatic hydroxyl groups excluding tert-OH is 1. The van der Waals surface area contributed by atoms with Crippen LogP contribution in [0, 0.1) is 11.8 Å². The summed E-state index contributed by atoms with van der Waals surface area (Å²) in [5, 5.41) is 10.0. The number of hydrogen-bond donors (Lipinski definition) is 1. The Balaban J connectivity index is 1.97. The molecule has 13 heavy (non-hydrogen) atoms. The Morgan fingerprint density at radius 2 is 1.92 bits per heavy atom. The predicted octanol–water partition coefficient (Wildman–Crippen LogP) is 2.65. The molecule has 0 aromatic rings. The number of hydrogen-bond acceptors (Lipinski definition) is 1. The maximum absolute atomic E-state index is 10.0. The zero-order valence-corrected chi connectivity index (χ0v) is 8.13. The third kappa shape index (κ3) is 1.10. The van der Waals surface area contributed by atoms with Crippen LogP contribution >= 0.6 is 0 Å². The third-order valence-electron chi connectivity index (χ3n) is 4.33. The van der Waals surface area contributed by atoms with Crippen LogP contribution in [-0.2, 0) is 0 Å². The van der Waals surface area contributed by atoms with Crippen molar-refractivity contribution in [2.45, 2.75) is 51.0 Å². The van der Waals surface area contributed by atoms with E-state index < -0.39 is 0 Å². The summed E-state index contributed by atoms with van der Waals surface area (Å²) in [4.78, 5) is 0. The van der Waals surface area contributed by atoms with Crippen molar-refractivity contribution in [3.8, 4) is 0 Å². The van der Waals surface area contributed by atoms with Gasteiger partial charge < -0.3 is 5.11 Å². The quantitative estimate of drug-likeness (QED) is 0.565. The first-order valence-electron chi connectivity index (χ1n) is 5.75. The van der Waals surface area contributed by atoms with E-state index >= 15 is 0 Å². The van der Waals surface area contributed by atoms with E-state index in [1.807, 2.05) is 0 Å². The van der Waals surface area contributed by atoms with Crippen molar-refractivity contribution in [2.24, 2.45) is 11.8 Å². The van der Waals surface area contributed by atoms with E-state index in [1.54, 1.807) is 11.1 Å². The maximum atomic E-state index is 10.0. The first-order valence-corrected chi connectivity index (χ1v) is 5.75. The molecule has 1 N–H and O–H groups in total. The first-order chi connectivity index (χ1) is 6.36. The van der Waals surface area contributed by atoms with Gasteiger partial charge in [-0.1, -0.05) is 11.1 Å². The fourth-order valence-electron chi connectivity index (χ4n) is 3.66. The van der Waals surface area contributed by atoms with Crippen molar-refractivity contribution in [3.63, 3.8) is 0 Å². The molecule has 0 radical (unpaired) electrons. The second-order valence-electron chi connectivity index (χ2n) is 4.97. The van der Waals surface area contributed by atoms with Gasteiger partial charge in [-0.3, -0.25) is 0 Å². The highest BCUT2D eigenvalue weighted by Gasteiger charge is 2.42. The molecule has 0 saturated heterocycles. The lowest BCUT2D eigenvalue weighted by molar-refractivity contribution is 0.0912. The molecule has 0 spiro atoms. The molecule has 1 nitrogen and oxygen atoms in total. The second kappa shape index (κ2) is 2.84. The number of rotatable bonds is 0. The van der Waals surface area contributed by atoms with Gasteiger partial charge in [0.1, 0.15) is 0 Å². The summed E-state index contributed by atoms with van der Waals surface area (Å²) in [7, 11) is 0. The number of allylic oxidation sites excluding steroid dienone is 1. The smallest absolute Gasteiger partial charge is 0.0636 e. The lowest BCUT2D eigenvalue weighted by atomic mass is 9.74. The van der Waals surface area contributed by atoms with Crippen LogP contribution in [0.2, 0.25) is 0 Å². The lowest BCUT2D eigenvalue weighted by Crippen LogP contribution is -2.29. The molecule has 1 heteroatoms. The largest absolute Gasteiger partial charge is 0.392 e. The zero-order valence-electron chi connectivity index (χ0n) is 8.13. The van der Waals surface area contributed by atoms with Gasteiger partial charge in [0.15, 0.2) is 0 Å². The summed E-state index contributed by atoms with van der Waals surface area (Å²) >= 11 is 0.